The van der Waals surface area contributed by atoms with Gasteiger partial charge < -0.3 is 29.4 Å². The predicted octanol–water partition coefficient (Wildman–Crippen LogP) is 29.4. The van der Waals surface area contributed by atoms with E-state index >= 15 is 0 Å². The van der Waals surface area contributed by atoms with E-state index in [9.17, 15) is 0 Å². The molecule has 24 rings (SSSR count). The first kappa shape index (κ1) is 91.8. The summed E-state index contributed by atoms with van der Waals surface area (Å²) in [5.74, 6) is 3.27. The Bertz CT molecular complexity index is 4640. The maximum absolute atomic E-state index is 2.80. The molecule has 0 amide bonds. The van der Waals surface area contributed by atoms with E-state index in [1.54, 1.807) is 0 Å². The van der Waals surface area contributed by atoms with Crippen LogP contribution in [0.3, 0.4) is 0 Å². The number of piperidine rings is 11. The SMILES string of the molecule is Cc1cc(C)c(C)c(N2C(C)C3(C)CCC2(C)C(C)C3C)c1.Cc1cc(C)c(C)c(N2C(C)C3(C)CCC2(C)CC3)c1.Cc1cc(C)c(C)c(N2C(C)C3(C)CCC2(C)CC3C)c1.Cc1cc(C)c(C)c(N2C(C)C3CCC2(C)CC3)c1.Cc1cc(C)c(C)c(N2C(C)N3CCC2(C)CC3)c1.Cc1cc(C)c(C)c(N2C3CCC(C)(CC3)C2C)c1. The smallest absolute Gasteiger partial charge is 0.0798 e. The Hall–Kier alpha value is -5.92. The second-order valence-corrected chi connectivity index (χ2v) is 46.1. The number of fused-ring (bicyclic) bond motifs is 18. The number of nitrogens with zero attached hydrogens (tertiary/aromatic N) is 7. The van der Waals surface area contributed by atoms with E-state index in [2.05, 4.69) is 356 Å². The van der Waals surface area contributed by atoms with Gasteiger partial charge in [0.15, 0.2) is 0 Å². The number of aryl methyl sites for hydroxylation is 12. The van der Waals surface area contributed by atoms with Gasteiger partial charge in [0.05, 0.1) is 6.17 Å². The molecule has 660 valence electrons. The molecular weight excluding hydrogens is 1460 g/mol. The van der Waals surface area contributed by atoms with Crippen molar-refractivity contribution in [2.75, 3.05) is 42.5 Å². The lowest BCUT2D eigenvalue weighted by Crippen LogP contribution is -2.72. The van der Waals surface area contributed by atoms with Crippen molar-refractivity contribution in [1.29, 1.82) is 0 Å². The molecule has 5 saturated carbocycles. The van der Waals surface area contributed by atoms with Crippen LogP contribution in [0, 0.1) is 170 Å². The largest absolute Gasteiger partial charge is 0.365 e. The molecule has 13 saturated heterocycles. The Morgan fingerprint density at radius 3 is 1.02 bits per heavy atom. The lowest BCUT2D eigenvalue weighted by molar-refractivity contribution is -0.0524. The first-order chi connectivity index (χ1) is 55.8. The van der Waals surface area contributed by atoms with Gasteiger partial charge in [0.1, 0.15) is 0 Å². The van der Waals surface area contributed by atoms with Crippen LogP contribution in [-0.2, 0) is 0 Å². The average molecular weight is 1630 g/mol. The second-order valence-electron chi connectivity index (χ2n) is 46.1. The van der Waals surface area contributed by atoms with Crippen molar-refractivity contribution >= 4 is 34.1 Å². The quantitative estimate of drug-likeness (QED) is 0.164. The summed E-state index contributed by atoms with van der Waals surface area (Å²) in [5, 5.41) is 0. The standard InChI is InChI=1S/C21H33N.C20H31N.C19H29N.2C18H27N.C17H26N2/c1-13-11-14(2)15(3)19(12-13)22-18(6)20(7)9-10-21(22,8)17(5)16(20)4;1-13-10-14(2)16(4)18(11-13)21-17(5)20(7)9-8-19(21,6)12-15(20)3;1-13-11-14(2)15(3)17(12-13)20-16(4)18(5)7-9-19(20,6)10-8-18;1-12-10-13(2)14(3)17(11-12)19-15(4)18(5)8-6-16(19)7-9-18;1-12-10-13(2)14(3)17(11-12)19-15(4)16-6-8-18(19,5)9-7-16;1-12-10-13(2)14(3)16(11-12)19-15(4)18-8-6-17(19,5)7-9-18/h11-12,16-18H,9-10H2,1-8H3;10-11,15,17H,8-9,12H2,1-7H3;11-12,16H,7-10H2,1-6H3;2*10-11,15-16H,6-9H2,1-5H3;10-11,15H,6-9H2,1-5H3. The fourth-order valence-corrected chi connectivity index (χ4v) is 28.0. The highest BCUT2D eigenvalue weighted by Crippen LogP contribution is 2.63. The Morgan fingerprint density at radius 2 is 0.608 bits per heavy atom. The summed E-state index contributed by atoms with van der Waals surface area (Å²) in [6, 6.07) is 32.4. The topological polar surface area (TPSA) is 22.7 Å². The van der Waals surface area contributed by atoms with E-state index in [1.807, 2.05) is 0 Å². The van der Waals surface area contributed by atoms with Gasteiger partial charge in [-0.2, -0.15) is 0 Å². The minimum absolute atomic E-state index is 0.293. The highest BCUT2D eigenvalue weighted by atomic mass is 15.4. The summed E-state index contributed by atoms with van der Waals surface area (Å²) in [6.45, 7) is 87.7. The van der Waals surface area contributed by atoms with Gasteiger partial charge in [-0.25, -0.2) is 0 Å². The van der Waals surface area contributed by atoms with E-state index in [4.69, 9.17) is 0 Å². The summed E-state index contributed by atoms with van der Waals surface area (Å²) in [6.07, 6.45) is 26.5. The van der Waals surface area contributed by atoms with Gasteiger partial charge in [0.2, 0.25) is 0 Å². The Kier molecular flexibility index (Phi) is 25.3. The van der Waals surface area contributed by atoms with Gasteiger partial charge >= 0.3 is 0 Å². The van der Waals surface area contributed by atoms with E-state index in [0.717, 1.165) is 29.7 Å². The molecule has 12 bridgehead atoms. The fraction of sp³-hybridized carbons (Fsp3) is 0.681. The molecule has 6 aromatic carbocycles. The molecule has 120 heavy (non-hydrogen) atoms. The van der Waals surface area contributed by atoms with Crippen molar-refractivity contribution in [1.82, 2.24) is 4.90 Å². The lowest BCUT2D eigenvalue weighted by Gasteiger charge is -2.68. The maximum Gasteiger partial charge on any atom is 0.0798 e. The first-order valence-electron chi connectivity index (χ1n) is 48.8. The van der Waals surface area contributed by atoms with Crippen molar-refractivity contribution in [2.45, 2.75) is 441 Å². The van der Waals surface area contributed by atoms with Crippen LogP contribution in [0.25, 0.3) is 0 Å². The third-order valence-corrected chi connectivity index (χ3v) is 38.6. The van der Waals surface area contributed by atoms with Gasteiger partial charge in [-0.05, 0) is 505 Å². The molecule has 18 aliphatic rings. The zero-order chi connectivity index (χ0) is 88.1. The number of hydrogen-bond acceptors (Lipinski definition) is 7. The Balaban J connectivity index is 0.000000125. The van der Waals surface area contributed by atoms with Gasteiger partial charge in [0.25, 0.3) is 0 Å². The number of rotatable bonds is 6. The normalized spacial score (nSPS) is 36.5. The first-order valence-corrected chi connectivity index (χ1v) is 48.8. The van der Waals surface area contributed by atoms with E-state index < -0.39 is 0 Å². The summed E-state index contributed by atoms with van der Waals surface area (Å²) >= 11 is 0. The van der Waals surface area contributed by atoms with Crippen LogP contribution < -0.4 is 29.4 Å². The predicted molar refractivity (Wildman–Crippen MR) is 524 cm³/mol. The van der Waals surface area contributed by atoms with Crippen molar-refractivity contribution < 1.29 is 0 Å². The molecule has 13 aliphatic heterocycles. The summed E-state index contributed by atoms with van der Waals surface area (Å²) < 4.78 is 0. The van der Waals surface area contributed by atoms with Crippen molar-refractivity contribution in [2.24, 2.45) is 45.3 Å². The summed E-state index contributed by atoms with van der Waals surface area (Å²) in [7, 11) is 0. The van der Waals surface area contributed by atoms with Crippen LogP contribution in [0.1, 0.15) is 347 Å². The minimum Gasteiger partial charge on any atom is -0.365 e. The molecule has 18 fully saturated rings. The molecule has 13 unspecified atom stereocenters. The zero-order valence-corrected chi connectivity index (χ0v) is 83.8. The van der Waals surface area contributed by atoms with E-state index in [0.29, 0.717) is 85.7 Å². The number of benzene rings is 6. The third kappa shape index (κ3) is 15.9. The molecule has 0 aromatic heterocycles. The zero-order valence-electron chi connectivity index (χ0n) is 83.8. The third-order valence-electron chi connectivity index (χ3n) is 38.6. The van der Waals surface area contributed by atoms with Crippen LogP contribution in [0.5, 0.6) is 0 Å². The van der Waals surface area contributed by atoms with Crippen molar-refractivity contribution in [3.05, 3.63) is 173 Å². The highest BCUT2D eigenvalue weighted by Gasteiger charge is 2.62. The second kappa shape index (κ2) is 33.1. The molecule has 0 radical (unpaired) electrons. The van der Waals surface area contributed by atoms with Crippen LogP contribution in [0.15, 0.2) is 72.8 Å². The Morgan fingerprint density at radius 1 is 0.275 bits per heavy atom. The molecule has 13 heterocycles. The number of anilines is 6. The molecule has 5 aliphatic carbocycles. The fourth-order valence-electron chi connectivity index (χ4n) is 28.0. The Labute approximate surface area is 736 Å². The van der Waals surface area contributed by atoms with Crippen LogP contribution in [0.4, 0.5) is 34.1 Å². The minimum atomic E-state index is 0.293. The van der Waals surface area contributed by atoms with Crippen LogP contribution in [0.2, 0.25) is 0 Å². The highest BCUT2D eigenvalue weighted by molar-refractivity contribution is 5.67. The maximum atomic E-state index is 2.80. The molecule has 0 spiro atoms. The van der Waals surface area contributed by atoms with Gasteiger partial charge in [0, 0.05) is 111 Å². The molecule has 0 N–H and O–H groups in total. The molecule has 13 atom stereocenters. The van der Waals surface area contributed by atoms with Gasteiger partial charge in [-0.1, -0.05) is 84.9 Å². The van der Waals surface area contributed by atoms with Crippen LogP contribution in [-0.4, -0.2) is 88.1 Å². The summed E-state index contributed by atoms with van der Waals surface area (Å²) in [5.41, 5.74) is 38.3. The summed E-state index contributed by atoms with van der Waals surface area (Å²) in [4.78, 5) is 19.2. The van der Waals surface area contributed by atoms with Crippen molar-refractivity contribution in [3.8, 4) is 0 Å². The van der Waals surface area contributed by atoms with Crippen molar-refractivity contribution in [3.63, 3.8) is 0 Å². The van der Waals surface area contributed by atoms with Gasteiger partial charge in [-0.15, -0.1) is 0 Å². The molecule has 7 heteroatoms. The lowest BCUT2D eigenvalue weighted by atomic mass is 9.50. The molecule has 7 nitrogen and oxygen atoms in total. The van der Waals surface area contributed by atoms with E-state index in [-0.39, 0.29) is 0 Å². The van der Waals surface area contributed by atoms with Crippen LogP contribution >= 0.6 is 0 Å². The molecule has 6 aromatic rings. The number of hydrogen-bond donors (Lipinski definition) is 0. The van der Waals surface area contributed by atoms with Gasteiger partial charge in [-0.3, -0.25) is 4.90 Å². The average Bonchev–Trinajstić information content (AvgIpc) is 0.688. The monoisotopic (exact) mass is 1630 g/mol. The van der Waals surface area contributed by atoms with E-state index in [1.165, 1.54) is 269 Å². The molecular formula is C113H173N7.